The third-order valence-corrected chi connectivity index (χ3v) is 9.34. The van der Waals surface area contributed by atoms with Gasteiger partial charge in [0.1, 0.15) is 23.0 Å². The molecule has 3 heterocycles. The largest absolute Gasteiger partial charge is 0.508 e. The number of benzene rings is 5. The van der Waals surface area contributed by atoms with Crippen LogP contribution in [0.4, 0.5) is 11.4 Å². The van der Waals surface area contributed by atoms with Crippen LogP contribution in [0.2, 0.25) is 0 Å². The van der Waals surface area contributed by atoms with E-state index in [1.54, 1.807) is 42.5 Å². The van der Waals surface area contributed by atoms with Crippen molar-refractivity contribution in [1.29, 1.82) is 0 Å². The summed E-state index contributed by atoms with van der Waals surface area (Å²) in [5.41, 5.74) is 5.04. The second-order valence-corrected chi connectivity index (χ2v) is 12.4. The maximum absolute atomic E-state index is 13.4. The van der Waals surface area contributed by atoms with Gasteiger partial charge < -0.3 is 45.9 Å². The predicted molar refractivity (Wildman–Crippen MR) is 190 cm³/mol. The number of rotatable bonds is 3. The number of anilines is 2. The number of esters is 1. The molecule has 12 heteroatoms. The molecule has 0 radical (unpaired) electrons. The molecule has 3 aliphatic rings. The number of carbonyl (C=O) groups excluding carboxylic acids is 1. The molecule has 10 nitrogen and oxygen atoms in total. The second kappa shape index (κ2) is 12.2. The van der Waals surface area contributed by atoms with E-state index >= 15 is 0 Å². The van der Waals surface area contributed by atoms with Gasteiger partial charge in [0.15, 0.2) is 22.2 Å². The number of carbonyl (C=O) groups is 1. The first-order chi connectivity index (χ1) is 23.2. The number of hydrogen-bond donors (Lipinski definition) is 7. The van der Waals surface area contributed by atoms with Crippen molar-refractivity contribution in [1.82, 2.24) is 5.32 Å². The molecular formula is C37H30ClN3O7S. The van der Waals surface area contributed by atoms with E-state index in [4.69, 9.17) is 21.7 Å². The lowest BCUT2D eigenvalue weighted by Gasteiger charge is -2.36. The van der Waals surface area contributed by atoms with Crippen LogP contribution in [-0.4, -0.2) is 44.6 Å². The van der Waals surface area contributed by atoms with Crippen molar-refractivity contribution < 1.29 is 34.7 Å². The molecule has 3 aliphatic heterocycles. The van der Waals surface area contributed by atoms with Gasteiger partial charge in [-0.1, -0.05) is 18.2 Å². The Bertz CT molecular complexity index is 2110. The highest BCUT2D eigenvalue weighted by Gasteiger charge is 2.53. The number of hydrogen-bond acceptors (Lipinski definition) is 9. The first kappa shape index (κ1) is 32.1. The van der Waals surface area contributed by atoms with E-state index in [-0.39, 0.29) is 41.3 Å². The van der Waals surface area contributed by atoms with Gasteiger partial charge in [-0.05, 0) is 103 Å². The van der Waals surface area contributed by atoms with Crippen LogP contribution in [0.15, 0.2) is 91.0 Å². The minimum atomic E-state index is -1.34. The fraction of sp³-hybridized carbons (Fsp3) is 0.135. The van der Waals surface area contributed by atoms with Gasteiger partial charge in [-0.25, -0.2) is 4.79 Å². The van der Waals surface area contributed by atoms with Crippen LogP contribution in [-0.2, 0) is 16.8 Å². The highest BCUT2D eigenvalue weighted by Crippen LogP contribution is 2.57. The fourth-order valence-electron chi connectivity index (χ4n) is 6.93. The van der Waals surface area contributed by atoms with Crippen molar-refractivity contribution in [2.75, 3.05) is 23.7 Å². The molecule has 248 valence electrons. The topological polar surface area (TPSA) is 153 Å². The molecule has 7 N–H and O–H groups in total. The van der Waals surface area contributed by atoms with Crippen LogP contribution >= 0.6 is 24.6 Å². The molecular weight excluding hydrogens is 666 g/mol. The molecule has 0 aromatic heterocycles. The summed E-state index contributed by atoms with van der Waals surface area (Å²) >= 11 is 5.61. The van der Waals surface area contributed by atoms with Crippen LogP contribution in [0, 0.1) is 0 Å². The molecule has 1 atom stereocenters. The normalized spacial score (nSPS) is 16.4. The summed E-state index contributed by atoms with van der Waals surface area (Å²) in [6, 6.07) is 25.7. The Morgan fingerprint density at radius 1 is 0.776 bits per heavy atom. The lowest BCUT2D eigenvalue weighted by Crippen LogP contribution is -2.32. The summed E-state index contributed by atoms with van der Waals surface area (Å²) in [5.74, 6) is -0.200. The van der Waals surface area contributed by atoms with E-state index in [0.29, 0.717) is 51.1 Å². The minimum absolute atomic E-state index is 0. The zero-order valence-electron chi connectivity index (χ0n) is 25.7. The zero-order chi connectivity index (χ0) is 33.2. The van der Waals surface area contributed by atoms with E-state index in [1.165, 1.54) is 24.3 Å². The summed E-state index contributed by atoms with van der Waals surface area (Å²) in [4.78, 5) is 13.4. The number of ether oxygens (including phenoxy) is 2. The van der Waals surface area contributed by atoms with Crippen molar-refractivity contribution >= 4 is 47.1 Å². The van der Waals surface area contributed by atoms with Gasteiger partial charge in [0.05, 0.1) is 5.56 Å². The Labute approximate surface area is 292 Å². The monoisotopic (exact) mass is 695 g/mol. The van der Waals surface area contributed by atoms with Crippen LogP contribution in [0.25, 0.3) is 0 Å². The highest BCUT2D eigenvalue weighted by molar-refractivity contribution is 7.80. The minimum Gasteiger partial charge on any atom is -0.508 e. The Balaban J connectivity index is 0.00000378. The molecule has 0 saturated heterocycles. The Kier molecular flexibility index (Phi) is 7.98. The zero-order valence-corrected chi connectivity index (χ0v) is 27.3. The molecule has 0 aliphatic carbocycles. The van der Waals surface area contributed by atoms with Crippen LogP contribution < -0.4 is 20.7 Å². The summed E-state index contributed by atoms with van der Waals surface area (Å²) < 4.78 is 12.2. The van der Waals surface area contributed by atoms with Gasteiger partial charge in [0.25, 0.3) is 0 Å². The van der Waals surface area contributed by atoms with Gasteiger partial charge >= 0.3 is 5.97 Å². The smallest absolute Gasteiger partial charge is 0.340 e. The lowest BCUT2D eigenvalue weighted by atomic mass is 9.77. The second-order valence-electron chi connectivity index (χ2n) is 12.0. The van der Waals surface area contributed by atoms with E-state index < -0.39 is 11.6 Å². The summed E-state index contributed by atoms with van der Waals surface area (Å²) in [6.45, 7) is 1.47. The lowest BCUT2D eigenvalue weighted by molar-refractivity contribution is 0.0224. The molecule has 1 spiro atoms. The quantitative estimate of drug-likeness (QED) is 0.0622. The van der Waals surface area contributed by atoms with Crippen LogP contribution in [0.3, 0.4) is 0 Å². The number of phenols is 4. The van der Waals surface area contributed by atoms with Gasteiger partial charge in [-0.2, -0.15) is 0 Å². The first-order valence-electron chi connectivity index (χ1n) is 15.4. The summed E-state index contributed by atoms with van der Waals surface area (Å²) in [5, 5.41) is 50.6. The average molecular weight is 696 g/mol. The molecule has 5 aromatic rings. The molecule has 0 amide bonds. The van der Waals surface area contributed by atoms with E-state index in [2.05, 4.69) is 16.0 Å². The molecule has 8 rings (SSSR count). The number of aromatic hydroxyl groups is 4. The van der Waals surface area contributed by atoms with Crippen LogP contribution in [0.5, 0.6) is 34.5 Å². The van der Waals surface area contributed by atoms with Crippen molar-refractivity contribution in [3.8, 4) is 34.5 Å². The Hall–Kier alpha value is -5.49. The van der Waals surface area contributed by atoms with E-state index in [9.17, 15) is 25.2 Å². The van der Waals surface area contributed by atoms with Crippen molar-refractivity contribution in [3.63, 3.8) is 0 Å². The van der Waals surface area contributed by atoms with Gasteiger partial charge in [0, 0.05) is 52.7 Å². The summed E-state index contributed by atoms with van der Waals surface area (Å²) in [6.07, 6.45) is 0.755. The predicted octanol–water partition coefficient (Wildman–Crippen LogP) is 6.59. The Morgan fingerprint density at radius 3 is 2.08 bits per heavy atom. The Morgan fingerprint density at radius 2 is 1.39 bits per heavy atom. The molecule has 5 aromatic carbocycles. The molecule has 0 bridgehead atoms. The number of halogens is 1. The van der Waals surface area contributed by atoms with Crippen molar-refractivity contribution in [2.45, 2.75) is 17.9 Å². The van der Waals surface area contributed by atoms with Gasteiger partial charge in [0.2, 0.25) is 0 Å². The van der Waals surface area contributed by atoms with E-state index in [0.717, 1.165) is 35.3 Å². The third kappa shape index (κ3) is 5.41. The fourth-order valence-corrected chi connectivity index (χ4v) is 7.17. The molecule has 49 heavy (non-hydrogen) atoms. The first-order valence-corrected chi connectivity index (χ1v) is 15.8. The van der Waals surface area contributed by atoms with Gasteiger partial charge in [-0.15, -0.1) is 12.4 Å². The molecule has 0 saturated carbocycles. The van der Waals surface area contributed by atoms with Gasteiger partial charge in [-0.3, -0.25) is 0 Å². The number of fused-ring (bicyclic) bond motifs is 7. The number of thiocarbonyl (C=S) groups is 1. The molecule has 1 unspecified atom stereocenters. The maximum Gasteiger partial charge on any atom is 0.340 e. The maximum atomic E-state index is 13.4. The average Bonchev–Trinajstić information content (AvgIpc) is 3.19. The number of nitrogens with one attached hydrogen (secondary N) is 3. The number of phenolic OH excluding ortho intramolecular Hbond substituents is 4. The SMILES string of the molecule is Cl.O=C1OC2(c3ccc(O)cc3Oc3cc(O)ccc32)c2ccc(NC(=S)Nc3ccc(C4CNCCc5cc(O)c(O)cc54)cc3)cc21. The highest BCUT2D eigenvalue weighted by atomic mass is 35.5. The summed E-state index contributed by atoms with van der Waals surface area (Å²) in [7, 11) is 0. The standard InChI is InChI=1S/C37H29N3O7S.ClH/c41-23-6-9-29-33(15-23)46-34-16-24(42)7-10-30(34)37(29)28-8-5-22(14-26(28)35(45)47-37)40-36(48)39-21-3-1-19(2-4-21)27-18-38-12-11-20-13-31(43)32(44)17-25(20)27;/h1-10,13-17,27,38,41-44H,11-12,18H2,(H2,39,40,48);1H. The van der Waals surface area contributed by atoms with E-state index in [1.807, 2.05) is 24.3 Å². The molecule has 0 fully saturated rings. The van der Waals surface area contributed by atoms with Crippen molar-refractivity contribution in [2.24, 2.45) is 0 Å². The third-order valence-electron chi connectivity index (χ3n) is 9.13. The van der Waals surface area contributed by atoms with Crippen LogP contribution in [0.1, 0.15) is 49.7 Å². The van der Waals surface area contributed by atoms with Crippen molar-refractivity contribution in [3.05, 3.63) is 130 Å².